The summed E-state index contributed by atoms with van der Waals surface area (Å²) in [6.45, 7) is 1.72. The molecule has 0 radical (unpaired) electrons. The SMILES string of the molecule is COC(=O)CC(C)NC(=O)c1cnc2c(C3=CCC(F)(F)CC3)cccc2c1. The molecule has 0 fully saturated rings. The van der Waals surface area contributed by atoms with Gasteiger partial charge in [0.05, 0.1) is 24.6 Å². The number of fused-ring (bicyclic) bond motifs is 1. The summed E-state index contributed by atoms with van der Waals surface area (Å²) < 4.78 is 31.4. The number of methoxy groups -OCH3 is 1. The summed E-state index contributed by atoms with van der Waals surface area (Å²) in [5, 5.41) is 3.49. The third-order valence-corrected chi connectivity index (χ3v) is 4.80. The molecule has 1 atom stereocenters. The number of rotatable bonds is 5. The molecule has 3 rings (SSSR count). The lowest BCUT2D eigenvalue weighted by Crippen LogP contribution is -2.34. The van der Waals surface area contributed by atoms with Gasteiger partial charge in [-0.3, -0.25) is 14.6 Å². The van der Waals surface area contributed by atoms with Gasteiger partial charge in [0.2, 0.25) is 0 Å². The Hall–Kier alpha value is -2.83. The number of esters is 1. The van der Waals surface area contributed by atoms with Gasteiger partial charge in [-0.2, -0.15) is 0 Å². The molecule has 2 aromatic rings. The maximum Gasteiger partial charge on any atom is 0.307 e. The molecule has 1 aliphatic carbocycles. The number of hydrogen-bond donors (Lipinski definition) is 1. The average Bonchev–Trinajstić information content (AvgIpc) is 2.67. The molecular formula is C21H22F2N2O3. The topological polar surface area (TPSA) is 68.3 Å². The first-order valence-electron chi connectivity index (χ1n) is 9.13. The summed E-state index contributed by atoms with van der Waals surface area (Å²) in [6, 6.07) is 6.86. The molecule has 148 valence electrons. The number of nitrogens with zero attached hydrogens (tertiary/aromatic N) is 1. The first-order chi connectivity index (χ1) is 13.3. The van der Waals surface area contributed by atoms with Gasteiger partial charge in [-0.15, -0.1) is 0 Å². The summed E-state index contributed by atoms with van der Waals surface area (Å²) in [5.74, 6) is -3.39. The first kappa shape index (κ1) is 19.9. The normalized spacial score (nSPS) is 16.9. The van der Waals surface area contributed by atoms with Crippen LogP contribution in [0, 0.1) is 0 Å². The first-order valence-corrected chi connectivity index (χ1v) is 9.13. The number of halogens is 2. The second-order valence-electron chi connectivity index (χ2n) is 7.05. The number of pyridine rings is 1. The van der Waals surface area contributed by atoms with Gasteiger partial charge in [0.1, 0.15) is 0 Å². The highest BCUT2D eigenvalue weighted by Crippen LogP contribution is 2.37. The molecule has 0 spiro atoms. The van der Waals surface area contributed by atoms with Crippen LogP contribution in [0.1, 0.15) is 48.5 Å². The third-order valence-electron chi connectivity index (χ3n) is 4.80. The Bertz CT molecular complexity index is 940. The number of allylic oxidation sites excluding steroid dienone is 2. The van der Waals surface area contributed by atoms with Crippen LogP contribution in [-0.4, -0.2) is 35.9 Å². The Morgan fingerprint density at radius 3 is 2.82 bits per heavy atom. The van der Waals surface area contributed by atoms with Crippen LogP contribution in [0.4, 0.5) is 8.78 Å². The summed E-state index contributed by atoms with van der Waals surface area (Å²) in [6.07, 6.45) is 2.97. The van der Waals surface area contributed by atoms with Gasteiger partial charge in [-0.05, 0) is 25.0 Å². The molecule has 0 saturated carbocycles. The van der Waals surface area contributed by atoms with Crippen molar-refractivity contribution in [2.24, 2.45) is 0 Å². The van der Waals surface area contributed by atoms with E-state index >= 15 is 0 Å². The monoisotopic (exact) mass is 388 g/mol. The van der Waals surface area contributed by atoms with Crippen LogP contribution >= 0.6 is 0 Å². The van der Waals surface area contributed by atoms with E-state index in [4.69, 9.17) is 0 Å². The van der Waals surface area contributed by atoms with E-state index < -0.39 is 11.9 Å². The summed E-state index contributed by atoms with van der Waals surface area (Å²) in [5.41, 5.74) is 2.72. The molecule has 0 saturated heterocycles. The zero-order valence-electron chi connectivity index (χ0n) is 15.8. The molecule has 1 aliphatic rings. The Balaban J connectivity index is 1.82. The molecule has 28 heavy (non-hydrogen) atoms. The predicted molar refractivity (Wildman–Crippen MR) is 102 cm³/mol. The van der Waals surface area contributed by atoms with E-state index in [1.807, 2.05) is 18.2 Å². The second kappa shape index (κ2) is 8.04. The van der Waals surface area contributed by atoms with Crippen LogP contribution in [0.3, 0.4) is 0 Å². The van der Waals surface area contributed by atoms with Crippen LogP contribution in [0.5, 0.6) is 0 Å². The number of aromatic nitrogens is 1. The number of para-hydroxylation sites is 1. The van der Waals surface area contributed by atoms with E-state index in [1.54, 1.807) is 19.1 Å². The molecule has 1 N–H and O–H groups in total. The molecule has 0 bridgehead atoms. The molecule has 5 nitrogen and oxygen atoms in total. The zero-order chi connectivity index (χ0) is 20.3. The van der Waals surface area contributed by atoms with Crippen LogP contribution < -0.4 is 5.32 Å². The van der Waals surface area contributed by atoms with Crippen molar-refractivity contribution in [2.75, 3.05) is 7.11 Å². The van der Waals surface area contributed by atoms with Crippen LogP contribution in [0.15, 0.2) is 36.5 Å². The number of hydrogen-bond acceptors (Lipinski definition) is 4. The lowest BCUT2D eigenvalue weighted by molar-refractivity contribution is -0.141. The average molecular weight is 388 g/mol. The molecule has 1 amide bonds. The minimum Gasteiger partial charge on any atom is -0.469 e. The highest BCUT2D eigenvalue weighted by atomic mass is 19.3. The maximum atomic E-state index is 13.4. The largest absolute Gasteiger partial charge is 0.469 e. The summed E-state index contributed by atoms with van der Waals surface area (Å²) in [7, 11) is 1.30. The van der Waals surface area contributed by atoms with E-state index in [9.17, 15) is 18.4 Å². The molecule has 7 heteroatoms. The fourth-order valence-corrected chi connectivity index (χ4v) is 3.27. The Morgan fingerprint density at radius 1 is 1.36 bits per heavy atom. The fourth-order valence-electron chi connectivity index (χ4n) is 3.27. The van der Waals surface area contributed by atoms with Crippen LogP contribution in [0.2, 0.25) is 0 Å². The van der Waals surface area contributed by atoms with Crippen LogP contribution in [-0.2, 0) is 9.53 Å². The quantitative estimate of drug-likeness (QED) is 0.783. The van der Waals surface area contributed by atoms with E-state index in [0.717, 1.165) is 16.5 Å². The van der Waals surface area contributed by atoms with Crippen molar-refractivity contribution in [2.45, 2.75) is 44.6 Å². The number of carbonyl (C=O) groups excluding carboxylic acids is 2. The number of amides is 1. The Morgan fingerprint density at radius 2 is 2.14 bits per heavy atom. The summed E-state index contributed by atoms with van der Waals surface area (Å²) in [4.78, 5) is 28.2. The second-order valence-corrected chi connectivity index (χ2v) is 7.05. The number of alkyl halides is 2. The standard InChI is InChI=1S/C21H22F2N2O3/c1-13(10-18(26)28-2)25-20(27)16-11-15-4-3-5-17(19(15)24-12-16)14-6-8-21(22,23)9-7-14/h3-6,11-13H,7-10H2,1-2H3,(H,25,27). The number of benzene rings is 1. The molecule has 1 heterocycles. The zero-order valence-corrected chi connectivity index (χ0v) is 15.8. The molecular weight excluding hydrogens is 366 g/mol. The van der Waals surface area contributed by atoms with E-state index in [1.165, 1.54) is 13.3 Å². The summed E-state index contributed by atoms with van der Waals surface area (Å²) >= 11 is 0. The highest BCUT2D eigenvalue weighted by Gasteiger charge is 2.31. The number of nitrogens with one attached hydrogen (secondary N) is 1. The fraction of sp³-hybridized carbons (Fsp3) is 0.381. The van der Waals surface area contributed by atoms with Crippen molar-refractivity contribution >= 4 is 28.4 Å². The van der Waals surface area contributed by atoms with Gasteiger partial charge in [-0.1, -0.05) is 24.3 Å². The molecule has 1 aromatic heterocycles. The third kappa shape index (κ3) is 4.52. The van der Waals surface area contributed by atoms with E-state index in [2.05, 4.69) is 15.0 Å². The van der Waals surface area contributed by atoms with Gasteiger partial charge >= 0.3 is 5.97 Å². The Kier molecular flexibility index (Phi) is 5.72. The van der Waals surface area contributed by atoms with Gasteiger partial charge in [-0.25, -0.2) is 8.78 Å². The van der Waals surface area contributed by atoms with Gasteiger partial charge in [0.25, 0.3) is 11.8 Å². The molecule has 1 aromatic carbocycles. The lowest BCUT2D eigenvalue weighted by atomic mass is 9.90. The minimum atomic E-state index is -2.65. The predicted octanol–water partition coefficient (Wildman–Crippen LogP) is 4.12. The van der Waals surface area contributed by atoms with E-state index in [-0.39, 0.29) is 31.2 Å². The van der Waals surface area contributed by atoms with Gasteiger partial charge < -0.3 is 10.1 Å². The smallest absolute Gasteiger partial charge is 0.307 e. The van der Waals surface area contributed by atoms with Crippen LogP contribution in [0.25, 0.3) is 16.5 Å². The Labute approximate surface area is 161 Å². The van der Waals surface area contributed by atoms with Crippen molar-refractivity contribution in [3.63, 3.8) is 0 Å². The lowest BCUT2D eigenvalue weighted by Gasteiger charge is -2.22. The van der Waals surface area contributed by atoms with Crippen molar-refractivity contribution in [3.05, 3.63) is 47.7 Å². The van der Waals surface area contributed by atoms with Crippen molar-refractivity contribution in [1.82, 2.24) is 10.3 Å². The molecule has 1 unspecified atom stereocenters. The van der Waals surface area contributed by atoms with Crippen molar-refractivity contribution in [3.8, 4) is 0 Å². The van der Waals surface area contributed by atoms with Crippen molar-refractivity contribution < 1.29 is 23.1 Å². The number of ether oxygens (including phenoxy) is 1. The molecule has 0 aliphatic heterocycles. The maximum absolute atomic E-state index is 13.4. The highest BCUT2D eigenvalue weighted by molar-refractivity contribution is 5.99. The number of carbonyl (C=O) groups is 2. The van der Waals surface area contributed by atoms with E-state index in [0.29, 0.717) is 17.5 Å². The van der Waals surface area contributed by atoms with Crippen molar-refractivity contribution in [1.29, 1.82) is 0 Å². The van der Waals surface area contributed by atoms with Gasteiger partial charge in [0.15, 0.2) is 0 Å². The minimum absolute atomic E-state index is 0.0756. The van der Waals surface area contributed by atoms with Gasteiger partial charge in [0, 0.05) is 36.0 Å².